The van der Waals surface area contributed by atoms with Gasteiger partial charge in [0.1, 0.15) is 12.2 Å². The molecular formula is C22H36O6. The maximum Gasteiger partial charge on any atom is 0.334 e. The molecule has 2 heterocycles. The molecule has 0 bridgehead atoms. The Kier molecular flexibility index (Phi) is 9.99. The molecule has 6 heteroatoms. The Labute approximate surface area is 168 Å². The van der Waals surface area contributed by atoms with Gasteiger partial charge in [0.2, 0.25) is 0 Å². The van der Waals surface area contributed by atoms with Gasteiger partial charge < -0.3 is 19.7 Å². The van der Waals surface area contributed by atoms with Gasteiger partial charge in [0.25, 0.3) is 0 Å². The second kappa shape index (κ2) is 12.2. The van der Waals surface area contributed by atoms with E-state index >= 15 is 0 Å². The molecule has 0 unspecified atom stereocenters. The minimum absolute atomic E-state index is 0.168. The Bertz CT molecular complexity index is 529. The number of aliphatic hydroxyl groups is 2. The molecule has 2 rings (SSSR count). The largest absolute Gasteiger partial charge is 0.460 e. The molecule has 2 N–H and O–H groups in total. The fraction of sp³-hybridized carbons (Fsp3) is 0.818. The minimum Gasteiger partial charge on any atom is -0.460 e. The van der Waals surface area contributed by atoms with Crippen molar-refractivity contribution in [2.24, 2.45) is 0 Å². The van der Waals surface area contributed by atoms with Crippen molar-refractivity contribution >= 4 is 11.9 Å². The molecule has 28 heavy (non-hydrogen) atoms. The van der Waals surface area contributed by atoms with Crippen molar-refractivity contribution in [3.8, 4) is 0 Å². The van der Waals surface area contributed by atoms with Gasteiger partial charge in [0.15, 0.2) is 0 Å². The van der Waals surface area contributed by atoms with Crippen LogP contribution in [0, 0.1) is 0 Å². The summed E-state index contributed by atoms with van der Waals surface area (Å²) in [4.78, 5) is 22.6. The summed E-state index contributed by atoms with van der Waals surface area (Å²) in [5.41, 5.74) is 0.608. The third kappa shape index (κ3) is 8.31. The zero-order valence-electron chi connectivity index (χ0n) is 17.1. The van der Waals surface area contributed by atoms with Gasteiger partial charge in [-0.2, -0.15) is 0 Å². The highest BCUT2D eigenvalue weighted by Crippen LogP contribution is 2.22. The maximum absolute atomic E-state index is 11.5. The summed E-state index contributed by atoms with van der Waals surface area (Å²) in [5, 5.41) is 20.1. The predicted molar refractivity (Wildman–Crippen MR) is 106 cm³/mol. The SMILES string of the molecule is C[C@H]1C=C(C[C@H](O)CCCCCCCCCC[C@H](O)[C@@H]2CCC(=O)O2)C(=O)O1. The molecule has 0 aromatic rings. The molecule has 2 aliphatic heterocycles. The summed E-state index contributed by atoms with van der Waals surface area (Å²) in [6.07, 6.45) is 12.1. The number of cyclic esters (lactones) is 2. The summed E-state index contributed by atoms with van der Waals surface area (Å²) in [7, 11) is 0. The Balaban J connectivity index is 1.37. The first kappa shape index (κ1) is 22.9. The average Bonchev–Trinajstić information content (AvgIpc) is 3.21. The quantitative estimate of drug-likeness (QED) is 0.344. The molecule has 4 atom stereocenters. The highest BCUT2D eigenvalue weighted by atomic mass is 16.6. The summed E-state index contributed by atoms with van der Waals surface area (Å²) in [6.45, 7) is 1.83. The average molecular weight is 397 g/mol. The molecule has 160 valence electrons. The van der Waals surface area contributed by atoms with E-state index in [1.165, 1.54) is 12.8 Å². The van der Waals surface area contributed by atoms with Crippen LogP contribution in [0.2, 0.25) is 0 Å². The van der Waals surface area contributed by atoms with Crippen LogP contribution >= 0.6 is 0 Å². The van der Waals surface area contributed by atoms with Crippen LogP contribution in [0.4, 0.5) is 0 Å². The molecule has 0 spiro atoms. The zero-order chi connectivity index (χ0) is 20.4. The molecule has 0 aromatic heterocycles. The van der Waals surface area contributed by atoms with Crippen molar-refractivity contribution in [2.75, 3.05) is 0 Å². The number of carbonyl (C=O) groups is 2. The summed E-state index contributed by atoms with van der Waals surface area (Å²) in [5.74, 6) is -0.479. The van der Waals surface area contributed by atoms with Gasteiger partial charge in [0.05, 0.1) is 12.2 Å². The van der Waals surface area contributed by atoms with E-state index in [1.807, 2.05) is 6.92 Å². The molecule has 0 amide bonds. The predicted octanol–water partition coefficient (Wildman–Crippen LogP) is 3.58. The van der Waals surface area contributed by atoms with Crippen LogP contribution in [0.15, 0.2) is 11.6 Å². The lowest BCUT2D eigenvalue weighted by Crippen LogP contribution is -2.25. The second-order valence-corrected chi connectivity index (χ2v) is 8.20. The fourth-order valence-corrected chi connectivity index (χ4v) is 3.93. The Morgan fingerprint density at radius 1 is 0.964 bits per heavy atom. The smallest absolute Gasteiger partial charge is 0.334 e. The number of unbranched alkanes of at least 4 members (excludes halogenated alkanes) is 7. The standard InChI is InChI=1S/C22H36O6/c1-16-14-17(22(26)27-16)15-18(23)10-8-6-4-2-3-5-7-9-11-19(24)20-12-13-21(25)28-20/h14,16,18-20,23-24H,2-13,15H2,1H3/t16-,18+,19-,20-/m0/s1. The lowest BCUT2D eigenvalue weighted by atomic mass is 10.0. The van der Waals surface area contributed by atoms with E-state index in [0.29, 0.717) is 31.3 Å². The van der Waals surface area contributed by atoms with E-state index in [0.717, 1.165) is 44.9 Å². The van der Waals surface area contributed by atoms with Gasteiger partial charge in [-0.3, -0.25) is 4.79 Å². The molecule has 1 saturated heterocycles. The fourth-order valence-electron chi connectivity index (χ4n) is 3.93. The monoisotopic (exact) mass is 396 g/mol. The molecule has 0 saturated carbocycles. The van der Waals surface area contributed by atoms with Gasteiger partial charge in [-0.05, 0) is 32.3 Å². The lowest BCUT2D eigenvalue weighted by Gasteiger charge is -2.16. The summed E-state index contributed by atoms with van der Waals surface area (Å²) >= 11 is 0. The van der Waals surface area contributed by atoms with Gasteiger partial charge in [-0.15, -0.1) is 0 Å². The lowest BCUT2D eigenvalue weighted by molar-refractivity contribution is -0.145. The number of hydrogen-bond donors (Lipinski definition) is 2. The van der Waals surface area contributed by atoms with Crippen LogP contribution in [-0.4, -0.2) is 46.6 Å². The first-order valence-corrected chi connectivity index (χ1v) is 10.9. The van der Waals surface area contributed by atoms with Crippen molar-refractivity contribution in [2.45, 2.75) is 115 Å². The molecule has 6 nitrogen and oxygen atoms in total. The van der Waals surface area contributed by atoms with E-state index < -0.39 is 12.2 Å². The van der Waals surface area contributed by atoms with E-state index in [1.54, 1.807) is 6.08 Å². The van der Waals surface area contributed by atoms with Gasteiger partial charge in [0, 0.05) is 18.4 Å². The number of rotatable bonds is 14. The number of hydrogen-bond acceptors (Lipinski definition) is 6. The van der Waals surface area contributed by atoms with Crippen molar-refractivity contribution in [1.82, 2.24) is 0 Å². The minimum atomic E-state index is -0.511. The van der Waals surface area contributed by atoms with Crippen LogP contribution in [0.1, 0.15) is 90.4 Å². The van der Waals surface area contributed by atoms with Gasteiger partial charge in [-0.1, -0.05) is 51.4 Å². The van der Waals surface area contributed by atoms with Crippen LogP contribution < -0.4 is 0 Å². The van der Waals surface area contributed by atoms with E-state index in [9.17, 15) is 19.8 Å². The normalized spacial score (nSPS) is 24.0. The number of ether oxygens (including phenoxy) is 2. The van der Waals surface area contributed by atoms with Gasteiger partial charge in [-0.25, -0.2) is 4.79 Å². The van der Waals surface area contributed by atoms with Crippen LogP contribution in [-0.2, 0) is 19.1 Å². The van der Waals surface area contributed by atoms with E-state index in [4.69, 9.17) is 9.47 Å². The highest BCUT2D eigenvalue weighted by Gasteiger charge is 2.29. The third-order valence-corrected chi connectivity index (χ3v) is 5.58. The molecular weight excluding hydrogens is 360 g/mol. The third-order valence-electron chi connectivity index (χ3n) is 5.58. The van der Waals surface area contributed by atoms with Crippen molar-refractivity contribution in [1.29, 1.82) is 0 Å². The Morgan fingerprint density at radius 3 is 2.11 bits per heavy atom. The van der Waals surface area contributed by atoms with Crippen molar-refractivity contribution in [3.05, 3.63) is 11.6 Å². The Morgan fingerprint density at radius 2 is 1.57 bits per heavy atom. The van der Waals surface area contributed by atoms with Crippen LogP contribution in [0.25, 0.3) is 0 Å². The van der Waals surface area contributed by atoms with Crippen LogP contribution in [0.3, 0.4) is 0 Å². The summed E-state index contributed by atoms with van der Waals surface area (Å²) in [6, 6.07) is 0. The second-order valence-electron chi connectivity index (χ2n) is 8.20. The molecule has 2 aliphatic rings. The highest BCUT2D eigenvalue weighted by molar-refractivity contribution is 5.90. The Hall–Kier alpha value is -1.40. The molecule has 0 aromatic carbocycles. The first-order chi connectivity index (χ1) is 13.5. The van der Waals surface area contributed by atoms with E-state index in [-0.39, 0.29) is 24.1 Å². The number of carbonyl (C=O) groups excluding carboxylic acids is 2. The molecule has 0 radical (unpaired) electrons. The van der Waals surface area contributed by atoms with E-state index in [2.05, 4.69) is 0 Å². The summed E-state index contributed by atoms with van der Waals surface area (Å²) < 4.78 is 10.1. The molecule has 0 aliphatic carbocycles. The zero-order valence-corrected chi connectivity index (χ0v) is 17.1. The van der Waals surface area contributed by atoms with Crippen molar-refractivity contribution in [3.63, 3.8) is 0 Å². The maximum atomic E-state index is 11.5. The number of aliphatic hydroxyl groups excluding tert-OH is 2. The van der Waals surface area contributed by atoms with Crippen molar-refractivity contribution < 1.29 is 29.3 Å². The van der Waals surface area contributed by atoms with Gasteiger partial charge >= 0.3 is 11.9 Å². The van der Waals surface area contributed by atoms with Crippen LogP contribution in [0.5, 0.6) is 0 Å². The number of esters is 2. The molecule has 1 fully saturated rings. The first-order valence-electron chi connectivity index (χ1n) is 10.9. The topological polar surface area (TPSA) is 93.1 Å².